The van der Waals surface area contributed by atoms with Gasteiger partial charge in [-0.05, 0) is 81.6 Å². The summed E-state index contributed by atoms with van der Waals surface area (Å²) in [6.45, 7) is 9.71. The fourth-order valence-electron chi connectivity index (χ4n) is 5.86. The molecule has 8 nitrogen and oxygen atoms in total. The van der Waals surface area contributed by atoms with Crippen LogP contribution in [0.3, 0.4) is 0 Å². The summed E-state index contributed by atoms with van der Waals surface area (Å²) in [5.74, 6) is -1.16. The number of hydrogen-bond donors (Lipinski definition) is 3. The van der Waals surface area contributed by atoms with E-state index in [0.29, 0.717) is 17.2 Å². The van der Waals surface area contributed by atoms with Crippen molar-refractivity contribution in [2.45, 2.75) is 45.6 Å². The molecular formula is C30H34F3N7O. The molecule has 11 heteroatoms. The molecule has 0 saturated carbocycles. The number of carbonyl (C=O) groups excluding carboxylic acids is 1. The van der Waals surface area contributed by atoms with Gasteiger partial charge in [0.2, 0.25) is 11.9 Å². The molecule has 4 aromatic rings. The van der Waals surface area contributed by atoms with Gasteiger partial charge in [-0.1, -0.05) is 13.8 Å². The van der Waals surface area contributed by atoms with E-state index in [4.69, 9.17) is 0 Å². The number of benzene rings is 1. The highest BCUT2D eigenvalue weighted by Gasteiger charge is 2.30. The third kappa shape index (κ3) is 6.11. The van der Waals surface area contributed by atoms with Crippen LogP contribution in [0.2, 0.25) is 0 Å². The van der Waals surface area contributed by atoms with Gasteiger partial charge in [0.05, 0.1) is 17.3 Å². The Kier molecular flexibility index (Phi) is 8.37. The topological polar surface area (TPSA) is 98.8 Å². The highest BCUT2D eigenvalue weighted by Crippen LogP contribution is 2.34. The second kappa shape index (κ2) is 12.0. The van der Waals surface area contributed by atoms with Crippen LogP contribution in [-0.4, -0.2) is 63.8 Å². The van der Waals surface area contributed by atoms with E-state index in [-0.39, 0.29) is 34.5 Å². The molecule has 2 fully saturated rings. The Morgan fingerprint density at radius 2 is 1.93 bits per heavy atom. The van der Waals surface area contributed by atoms with Crippen LogP contribution < -0.4 is 10.6 Å². The van der Waals surface area contributed by atoms with Crippen LogP contribution in [0.4, 0.5) is 24.9 Å². The molecule has 1 aromatic carbocycles. The SMILES string of the molecule is CN1CCC2NCCC2C1.Cc1[nH]c2c(F)cc(-c3nc(Nc4ccc(C=O)c(F)n4)ncc3F)cc2c1C(C)C. The number of nitrogens with one attached hydrogen (secondary N) is 3. The largest absolute Gasteiger partial charge is 0.356 e. The number of hydrogen-bond acceptors (Lipinski definition) is 7. The average Bonchev–Trinajstić information content (AvgIpc) is 3.53. The highest BCUT2D eigenvalue weighted by molar-refractivity contribution is 5.89. The van der Waals surface area contributed by atoms with Crippen LogP contribution in [0.1, 0.15) is 54.2 Å². The number of halogens is 3. The second-order valence-corrected chi connectivity index (χ2v) is 11.1. The minimum atomic E-state index is -0.959. The summed E-state index contributed by atoms with van der Waals surface area (Å²) < 4.78 is 43.1. The van der Waals surface area contributed by atoms with Crippen LogP contribution >= 0.6 is 0 Å². The Labute approximate surface area is 236 Å². The average molecular weight is 566 g/mol. The Balaban J connectivity index is 0.000000282. The van der Waals surface area contributed by atoms with E-state index in [1.54, 1.807) is 6.07 Å². The maximum absolute atomic E-state index is 14.8. The van der Waals surface area contributed by atoms with Gasteiger partial charge in [0.15, 0.2) is 12.1 Å². The number of piperidine rings is 1. The van der Waals surface area contributed by atoms with Crippen LogP contribution in [0, 0.1) is 30.4 Å². The van der Waals surface area contributed by atoms with Gasteiger partial charge in [0.1, 0.15) is 17.3 Å². The van der Waals surface area contributed by atoms with Gasteiger partial charge in [-0.25, -0.2) is 23.7 Å². The zero-order valence-corrected chi connectivity index (χ0v) is 23.6. The molecule has 6 rings (SSSR count). The predicted molar refractivity (Wildman–Crippen MR) is 153 cm³/mol. The predicted octanol–water partition coefficient (Wildman–Crippen LogP) is 5.73. The standard InChI is InChI=1S/C22H18F3N5O.C8H16N2/c1-10(2)18-11(3)27-20-14(18)6-13(7-15(20)23)19-16(24)8-26-22(30-19)29-17-5-4-12(9-31)21(25)28-17;1-10-5-3-8-7(6-10)2-4-9-8/h4-10,27H,1-3H3,(H,26,28,29,30);7-9H,2-6H2,1H3. The molecule has 2 unspecified atom stereocenters. The number of rotatable bonds is 5. The molecule has 0 bridgehead atoms. The lowest BCUT2D eigenvalue weighted by molar-refractivity contribution is 0.111. The lowest BCUT2D eigenvalue weighted by Gasteiger charge is -2.31. The highest BCUT2D eigenvalue weighted by atomic mass is 19.1. The fraction of sp³-hybridized carbons (Fsp3) is 0.400. The maximum Gasteiger partial charge on any atom is 0.229 e. The van der Waals surface area contributed by atoms with Gasteiger partial charge in [-0.15, -0.1) is 0 Å². The Morgan fingerprint density at radius 1 is 1.12 bits per heavy atom. The Morgan fingerprint density at radius 3 is 2.66 bits per heavy atom. The number of likely N-dealkylation sites (tertiary alicyclic amines) is 1. The van der Waals surface area contributed by atoms with Crippen molar-refractivity contribution in [1.82, 2.24) is 30.2 Å². The van der Waals surface area contributed by atoms with E-state index in [2.05, 4.69) is 42.5 Å². The molecule has 2 saturated heterocycles. The summed E-state index contributed by atoms with van der Waals surface area (Å²) in [6, 6.07) is 6.35. The number of aromatic nitrogens is 4. The normalized spacial score (nSPS) is 18.7. The van der Waals surface area contributed by atoms with Crippen LogP contribution in [0.15, 0.2) is 30.5 Å². The van der Waals surface area contributed by atoms with Crippen molar-refractivity contribution in [2.24, 2.45) is 5.92 Å². The summed E-state index contributed by atoms with van der Waals surface area (Å²) in [5.41, 5.74) is 2.07. The van der Waals surface area contributed by atoms with E-state index in [0.717, 1.165) is 29.4 Å². The van der Waals surface area contributed by atoms with Crippen LogP contribution in [-0.2, 0) is 0 Å². The molecule has 0 spiro atoms. The molecule has 3 aromatic heterocycles. The molecule has 5 heterocycles. The van der Waals surface area contributed by atoms with Crippen molar-refractivity contribution in [3.63, 3.8) is 0 Å². The molecule has 0 radical (unpaired) electrons. The van der Waals surface area contributed by atoms with Crippen LogP contribution in [0.25, 0.3) is 22.2 Å². The van der Waals surface area contributed by atoms with E-state index >= 15 is 0 Å². The first-order chi connectivity index (χ1) is 19.6. The third-order valence-electron chi connectivity index (χ3n) is 7.79. The fourth-order valence-corrected chi connectivity index (χ4v) is 5.86. The van der Waals surface area contributed by atoms with Gasteiger partial charge in [0.25, 0.3) is 0 Å². The molecule has 2 atom stereocenters. The van der Waals surface area contributed by atoms with Gasteiger partial charge in [0, 0.05) is 29.2 Å². The monoisotopic (exact) mass is 565 g/mol. The van der Waals surface area contributed by atoms with E-state index in [1.807, 2.05) is 20.8 Å². The zero-order chi connectivity index (χ0) is 29.3. The van der Waals surface area contributed by atoms with Gasteiger partial charge < -0.3 is 20.5 Å². The molecule has 216 valence electrons. The Bertz CT molecular complexity index is 1570. The number of fused-ring (bicyclic) bond motifs is 2. The van der Waals surface area contributed by atoms with Crippen molar-refractivity contribution in [3.05, 3.63) is 64.9 Å². The molecule has 0 amide bonds. The molecule has 2 aliphatic rings. The number of aldehydes is 1. The molecule has 2 aliphatic heterocycles. The number of aromatic amines is 1. The lowest BCUT2D eigenvalue weighted by atomic mass is 9.94. The van der Waals surface area contributed by atoms with Crippen molar-refractivity contribution in [2.75, 3.05) is 32.0 Å². The summed E-state index contributed by atoms with van der Waals surface area (Å²) in [7, 11) is 2.23. The van der Waals surface area contributed by atoms with Gasteiger partial charge in [-0.3, -0.25) is 4.79 Å². The number of H-pyrrole nitrogens is 1. The van der Waals surface area contributed by atoms with Crippen molar-refractivity contribution >= 4 is 29.0 Å². The summed E-state index contributed by atoms with van der Waals surface area (Å²) in [4.78, 5) is 27.8. The molecule has 3 N–H and O–H groups in total. The minimum Gasteiger partial charge on any atom is -0.356 e. The number of nitrogens with zero attached hydrogens (tertiary/aromatic N) is 4. The van der Waals surface area contributed by atoms with Gasteiger partial charge >= 0.3 is 0 Å². The smallest absolute Gasteiger partial charge is 0.229 e. The number of carbonyl (C=O) groups is 1. The first kappa shape index (κ1) is 28.7. The van der Waals surface area contributed by atoms with E-state index in [1.165, 1.54) is 50.7 Å². The quantitative estimate of drug-likeness (QED) is 0.210. The Hall–Kier alpha value is -3.83. The second-order valence-electron chi connectivity index (χ2n) is 11.1. The van der Waals surface area contributed by atoms with E-state index in [9.17, 15) is 18.0 Å². The van der Waals surface area contributed by atoms with E-state index < -0.39 is 17.6 Å². The first-order valence-corrected chi connectivity index (χ1v) is 13.8. The van der Waals surface area contributed by atoms with Crippen molar-refractivity contribution in [1.29, 1.82) is 0 Å². The summed E-state index contributed by atoms with van der Waals surface area (Å²) >= 11 is 0. The number of aryl methyl sites for hydroxylation is 1. The minimum absolute atomic E-state index is 0.0330. The lowest BCUT2D eigenvalue weighted by Crippen LogP contribution is -2.42. The van der Waals surface area contributed by atoms with Crippen molar-refractivity contribution < 1.29 is 18.0 Å². The molecule has 0 aliphatic carbocycles. The number of anilines is 2. The summed E-state index contributed by atoms with van der Waals surface area (Å²) in [5, 5.41) is 6.87. The van der Waals surface area contributed by atoms with Crippen molar-refractivity contribution in [3.8, 4) is 11.3 Å². The number of pyridine rings is 1. The third-order valence-corrected chi connectivity index (χ3v) is 7.79. The summed E-state index contributed by atoms with van der Waals surface area (Å²) in [6.07, 6.45) is 4.04. The van der Waals surface area contributed by atoms with Crippen LogP contribution in [0.5, 0.6) is 0 Å². The maximum atomic E-state index is 14.8. The van der Waals surface area contributed by atoms with Gasteiger partial charge in [-0.2, -0.15) is 4.39 Å². The molecular weight excluding hydrogens is 531 g/mol. The first-order valence-electron chi connectivity index (χ1n) is 13.8. The zero-order valence-electron chi connectivity index (χ0n) is 23.6. The molecule has 41 heavy (non-hydrogen) atoms.